The summed E-state index contributed by atoms with van der Waals surface area (Å²) in [5.41, 5.74) is 2.74. The number of benzene rings is 2. The molecule has 0 unspecified atom stereocenters. The fourth-order valence-corrected chi connectivity index (χ4v) is 4.54. The molecule has 1 saturated heterocycles. The first-order valence-corrected chi connectivity index (χ1v) is 9.50. The van der Waals surface area contributed by atoms with E-state index in [2.05, 4.69) is 4.98 Å². The molecule has 2 aliphatic heterocycles. The van der Waals surface area contributed by atoms with E-state index in [4.69, 9.17) is 4.74 Å². The lowest BCUT2D eigenvalue weighted by molar-refractivity contribution is 0.0475. The Hall–Kier alpha value is -2.57. The summed E-state index contributed by atoms with van der Waals surface area (Å²) in [5, 5.41) is 0.854. The number of ether oxygens (including phenoxy) is 1. The topological polar surface area (TPSA) is 59.5 Å². The third kappa shape index (κ3) is 2.45. The van der Waals surface area contributed by atoms with E-state index in [9.17, 15) is 9.59 Å². The molecule has 0 aliphatic carbocycles. The molecule has 2 amide bonds. The molecular weight excluding hydrogens is 348 g/mol. The molecule has 3 aromatic rings. The normalized spacial score (nSPS) is 19.5. The van der Waals surface area contributed by atoms with E-state index in [1.807, 2.05) is 30.3 Å². The quantitative estimate of drug-likeness (QED) is 0.664. The number of para-hydroxylation sites is 1. The summed E-state index contributed by atoms with van der Waals surface area (Å²) in [4.78, 5) is 31.4. The largest absolute Gasteiger partial charge is 0.376 e. The fourth-order valence-electron chi connectivity index (χ4n) is 3.58. The van der Waals surface area contributed by atoms with Gasteiger partial charge in [0, 0.05) is 12.2 Å². The van der Waals surface area contributed by atoms with Crippen LogP contribution in [0.2, 0.25) is 0 Å². The van der Waals surface area contributed by atoms with Crippen LogP contribution in [0.1, 0.15) is 33.6 Å². The fraction of sp³-hybridized carbons (Fsp3) is 0.250. The van der Waals surface area contributed by atoms with Crippen molar-refractivity contribution < 1.29 is 14.3 Å². The third-order valence-electron chi connectivity index (χ3n) is 4.92. The van der Waals surface area contributed by atoms with Gasteiger partial charge in [0.1, 0.15) is 5.01 Å². The molecule has 0 spiro atoms. The van der Waals surface area contributed by atoms with Crippen LogP contribution in [0.4, 0.5) is 0 Å². The van der Waals surface area contributed by atoms with Crippen molar-refractivity contribution in [1.82, 2.24) is 9.88 Å². The second kappa shape index (κ2) is 6.00. The maximum atomic E-state index is 12.8. The van der Waals surface area contributed by atoms with Gasteiger partial charge in [-0.25, -0.2) is 4.98 Å². The van der Waals surface area contributed by atoms with Crippen LogP contribution in [-0.2, 0) is 4.74 Å². The monoisotopic (exact) mass is 364 g/mol. The maximum absolute atomic E-state index is 12.8. The van der Waals surface area contributed by atoms with Crippen LogP contribution in [0.5, 0.6) is 0 Å². The van der Waals surface area contributed by atoms with E-state index >= 15 is 0 Å². The van der Waals surface area contributed by atoms with Crippen molar-refractivity contribution in [3.8, 4) is 10.6 Å². The number of rotatable bonds is 3. The summed E-state index contributed by atoms with van der Waals surface area (Å²) in [5.74, 6) is -0.459. The number of aromatic nitrogens is 1. The average molecular weight is 364 g/mol. The van der Waals surface area contributed by atoms with E-state index in [1.54, 1.807) is 23.5 Å². The zero-order valence-electron chi connectivity index (χ0n) is 14.0. The molecule has 1 aromatic heterocycles. The third-order valence-corrected chi connectivity index (χ3v) is 6.01. The SMILES string of the molecule is O=C1c2ccc(-c3nc4ccccc4s3)cc2C(=O)N1C[C@@H]1CCCO1. The zero-order valence-corrected chi connectivity index (χ0v) is 14.8. The molecule has 130 valence electrons. The van der Waals surface area contributed by atoms with Gasteiger partial charge in [0.2, 0.25) is 0 Å². The van der Waals surface area contributed by atoms with Gasteiger partial charge in [-0.2, -0.15) is 0 Å². The Bertz CT molecular complexity index is 1000. The molecule has 2 aliphatic rings. The molecule has 1 atom stereocenters. The van der Waals surface area contributed by atoms with Crippen molar-refractivity contribution >= 4 is 33.4 Å². The Morgan fingerprint density at radius 1 is 1.12 bits per heavy atom. The van der Waals surface area contributed by atoms with Crippen LogP contribution in [0.25, 0.3) is 20.8 Å². The highest BCUT2D eigenvalue weighted by atomic mass is 32.1. The van der Waals surface area contributed by atoms with Crippen LogP contribution in [0.3, 0.4) is 0 Å². The van der Waals surface area contributed by atoms with Gasteiger partial charge >= 0.3 is 0 Å². The number of carbonyl (C=O) groups is 2. The second-order valence-electron chi connectivity index (χ2n) is 6.60. The van der Waals surface area contributed by atoms with Crippen molar-refractivity contribution in [2.24, 2.45) is 0 Å². The molecule has 6 heteroatoms. The minimum atomic E-state index is -0.233. The van der Waals surface area contributed by atoms with E-state index in [0.29, 0.717) is 24.3 Å². The van der Waals surface area contributed by atoms with Crippen molar-refractivity contribution in [2.75, 3.05) is 13.2 Å². The number of imide groups is 1. The lowest BCUT2D eigenvalue weighted by Crippen LogP contribution is -2.36. The molecule has 5 rings (SSSR count). The number of nitrogens with zero attached hydrogens (tertiary/aromatic N) is 2. The number of hydrogen-bond donors (Lipinski definition) is 0. The number of carbonyl (C=O) groups excluding carboxylic acids is 2. The average Bonchev–Trinajstić information content (AvgIpc) is 3.37. The molecule has 5 nitrogen and oxygen atoms in total. The first kappa shape index (κ1) is 15.7. The van der Waals surface area contributed by atoms with E-state index < -0.39 is 0 Å². The Morgan fingerprint density at radius 2 is 1.96 bits per heavy atom. The minimum Gasteiger partial charge on any atom is -0.376 e. The summed E-state index contributed by atoms with van der Waals surface area (Å²) in [6.07, 6.45) is 1.83. The van der Waals surface area contributed by atoms with Crippen LogP contribution in [0.15, 0.2) is 42.5 Å². The predicted molar refractivity (Wildman–Crippen MR) is 99.4 cm³/mol. The van der Waals surface area contributed by atoms with Gasteiger partial charge in [0.15, 0.2) is 0 Å². The summed E-state index contributed by atoms with van der Waals surface area (Å²) >= 11 is 1.58. The van der Waals surface area contributed by atoms with Gasteiger partial charge < -0.3 is 4.74 Å². The Morgan fingerprint density at radius 3 is 2.77 bits per heavy atom. The number of hydrogen-bond acceptors (Lipinski definition) is 5. The number of fused-ring (bicyclic) bond motifs is 2. The molecule has 26 heavy (non-hydrogen) atoms. The highest BCUT2D eigenvalue weighted by Crippen LogP contribution is 2.33. The molecule has 0 saturated carbocycles. The summed E-state index contributed by atoms with van der Waals surface area (Å²) in [7, 11) is 0. The van der Waals surface area contributed by atoms with Gasteiger partial charge in [-0.1, -0.05) is 18.2 Å². The Balaban J connectivity index is 1.49. The molecule has 0 N–H and O–H groups in total. The van der Waals surface area contributed by atoms with Crippen LogP contribution >= 0.6 is 11.3 Å². The highest BCUT2D eigenvalue weighted by Gasteiger charge is 2.37. The van der Waals surface area contributed by atoms with Crippen molar-refractivity contribution in [3.05, 3.63) is 53.6 Å². The smallest absolute Gasteiger partial charge is 0.261 e. The lowest BCUT2D eigenvalue weighted by Gasteiger charge is -2.17. The summed E-state index contributed by atoms with van der Waals surface area (Å²) in [6, 6.07) is 13.4. The van der Waals surface area contributed by atoms with Gasteiger partial charge in [0.25, 0.3) is 11.8 Å². The van der Waals surface area contributed by atoms with Gasteiger partial charge in [-0.05, 0) is 37.1 Å². The van der Waals surface area contributed by atoms with E-state index in [-0.39, 0.29) is 17.9 Å². The molecule has 0 radical (unpaired) electrons. The highest BCUT2D eigenvalue weighted by molar-refractivity contribution is 7.21. The van der Waals surface area contributed by atoms with E-state index in [0.717, 1.165) is 33.6 Å². The lowest BCUT2D eigenvalue weighted by atomic mass is 10.1. The molecular formula is C20H16N2O3S. The van der Waals surface area contributed by atoms with Crippen LogP contribution in [-0.4, -0.2) is 41.0 Å². The summed E-state index contributed by atoms with van der Waals surface area (Å²) in [6.45, 7) is 1.04. The van der Waals surface area contributed by atoms with Crippen LogP contribution < -0.4 is 0 Å². The summed E-state index contributed by atoms with van der Waals surface area (Å²) < 4.78 is 6.68. The molecule has 0 bridgehead atoms. The Kier molecular flexibility index (Phi) is 3.62. The predicted octanol–water partition coefficient (Wildman–Crippen LogP) is 3.74. The number of amides is 2. The van der Waals surface area contributed by atoms with Gasteiger partial charge in [0.05, 0.1) is 34.0 Å². The second-order valence-corrected chi connectivity index (χ2v) is 7.63. The number of thiazole rings is 1. The van der Waals surface area contributed by atoms with Crippen molar-refractivity contribution in [3.63, 3.8) is 0 Å². The molecule has 2 aromatic carbocycles. The standard InChI is InChI=1S/C20H16N2O3S/c23-19-14-8-7-12(18-21-16-5-1-2-6-17(16)26-18)10-15(14)20(24)22(19)11-13-4-3-9-25-13/h1-2,5-8,10,13H,3-4,9,11H2/t13-/m0/s1. The van der Waals surface area contributed by atoms with Crippen molar-refractivity contribution in [2.45, 2.75) is 18.9 Å². The first-order chi connectivity index (χ1) is 12.7. The maximum Gasteiger partial charge on any atom is 0.261 e. The van der Waals surface area contributed by atoms with Gasteiger partial charge in [-0.15, -0.1) is 11.3 Å². The molecule has 3 heterocycles. The Labute approximate surface area is 154 Å². The van der Waals surface area contributed by atoms with E-state index in [1.165, 1.54) is 4.90 Å². The van der Waals surface area contributed by atoms with Gasteiger partial charge in [-0.3, -0.25) is 14.5 Å². The van der Waals surface area contributed by atoms with Crippen molar-refractivity contribution in [1.29, 1.82) is 0 Å². The molecule has 1 fully saturated rings. The first-order valence-electron chi connectivity index (χ1n) is 8.68. The van der Waals surface area contributed by atoms with Crippen LogP contribution in [0, 0.1) is 0 Å². The zero-order chi connectivity index (χ0) is 17.7. The minimum absolute atomic E-state index is 0.0408.